The van der Waals surface area contributed by atoms with Crippen LogP contribution in [0.1, 0.15) is 122 Å². The Kier molecular flexibility index (Phi) is 13.4. The second-order valence-corrected chi connectivity index (χ2v) is 14.3. The molecule has 2 heterocycles. The number of hydrogen-bond donors (Lipinski definition) is 1. The number of aryl methyl sites for hydroxylation is 2. The Morgan fingerprint density at radius 2 is 1.41 bits per heavy atom. The second kappa shape index (κ2) is 17.9. The molecule has 6 heteroatoms. The van der Waals surface area contributed by atoms with Crippen LogP contribution in [0.3, 0.4) is 0 Å². The molecule has 0 saturated carbocycles. The SMILES string of the molecule is CCCCCCCCCCN1/C(=C\C2=C(O)C(=Cc3cc[n+](CCCCCCCC)c4ccccc34)C2=O)N(CC)c2cc(C)c(Cl)cc21. The van der Waals surface area contributed by atoms with Crippen molar-refractivity contribution in [3.8, 4) is 0 Å². The van der Waals surface area contributed by atoms with Crippen LogP contribution in [-0.4, -0.2) is 24.0 Å². The van der Waals surface area contributed by atoms with Gasteiger partial charge < -0.3 is 14.9 Å². The first kappa shape index (κ1) is 36.7. The van der Waals surface area contributed by atoms with Gasteiger partial charge in [-0.3, -0.25) is 4.79 Å². The first-order valence-corrected chi connectivity index (χ1v) is 19.4. The van der Waals surface area contributed by atoms with E-state index in [-0.39, 0.29) is 11.5 Å². The number of allylic oxidation sites excluding steroid dienone is 3. The molecule has 0 fully saturated rings. The highest BCUT2D eigenvalue weighted by molar-refractivity contribution is 6.32. The van der Waals surface area contributed by atoms with Crippen molar-refractivity contribution in [1.29, 1.82) is 0 Å². The molecule has 1 aliphatic carbocycles. The summed E-state index contributed by atoms with van der Waals surface area (Å²) in [6.45, 7) is 11.2. The van der Waals surface area contributed by atoms with E-state index < -0.39 is 0 Å². The van der Waals surface area contributed by atoms with E-state index in [0.29, 0.717) is 11.1 Å². The van der Waals surface area contributed by atoms with E-state index in [0.717, 1.165) is 76.7 Å². The van der Waals surface area contributed by atoms with Crippen molar-refractivity contribution in [2.75, 3.05) is 22.9 Å². The Labute approximate surface area is 300 Å². The van der Waals surface area contributed by atoms with Crippen LogP contribution in [0.5, 0.6) is 0 Å². The summed E-state index contributed by atoms with van der Waals surface area (Å²) in [6.07, 6.45) is 23.4. The van der Waals surface area contributed by atoms with E-state index >= 15 is 0 Å². The Morgan fingerprint density at radius 1 is 0.776 bits per heavy atom. The number of carbonyl (C=O) groups is 1. The maximum Gasteiger partial charge on any atom is 0.213 e. The molecule has 262 valence electrons. The van der Waals surface area contributed by atoms with Gasteiger partial charge in [0.15, 0.2) is 6.20 Å². The molecule has 49 heavy (non-hydrogen) atoms. The minimum Gasteiger partial charge on any atom is -0.506 e. The summed E-state index contributed by atoms with van der Waals surface area (Å²) in [5.41, 5.74) is 6.04. The van der Waals surface area contributed by atoms with Gasteiger partial charge in [-0.1, -0.05) is 108 Å². The topological polar surface area (TPSA) is 47.7 Å². The summed E-state index contributed by atoms with van der Waals surface area (Å²) in [6, 6.07) is 14.6. The van der Waals surface area contributed by atoms with Gasteiger partial charge in [0.1, 0.15) is 18.1 Å². The molecule has 0 spiro atoms. The first-order valence-electron chi connectivity index (χ1n) is 19.1. The van der Waals surface area contributed by atoms with Crippen molar-refractivity contribution < 1.29 is 14.5 Å². The summed E-state index contributed by atoms with van der Waals surface area (Å²) in [7, 11) is 0. The summed E-state index contributed by atoms with van der Waals surface area (Å²) in [4.78, 5) is 18.3. The van der Waals surface area contributed by atoms with Crippen molar-refractivity contribution >= 4 is 45.7 Å². The number of halogens is 1. The molecule has 5 rings (SSSR count). The van der Waals surface area contributed by atoms with Crippen LogP contribution < -0.4 is 14.4 Å². The summed E-state index contributed by atoms with van der Waals surface area (Å²) >= 11 is 6.65. The smallest absolute Gasteiger partial charge is 0.213 e. The maximum atomic E-state index is 13.7. The number of nitrogens with zero attached hydrogens (tertiary/aromatic N) is 3. The molecule has 2 aromatic carbocycles. The molecule has 0 saturated heterocycles. The zero-order valence-electron chi connectivity index (χ0n) is 30.4. The van der Waals surface area contributed by atoms with E-state index in [1.165, 1.54) is 77.0 Å². The number of pyridine rings is 1. The molecule has 0 atom stereocenters. The molecule has 0 unspecified atom stereocenters. The monoisotopic (exact) mass is 682 g/mol. The number of unbranched alkanes of at least 4 members (excludes halogenated alkanes) is 12. The molecule has 5 nitrogen and oxygen atoms in total. The fraction of sp³-hybridized carbons (Fsp3) is 0.488. The van der Waals surface area contributed by atoms with Gasteiger partial charge in [-0.25, -0.2) is 0 Å². The highest BCUT2D eigenvalue weighted by Crippen LogP contribution is 2.45. The third kappa shape index (κ3) is 8.60. The number of para-hydroxylation sites is 1. The Balaban J connectivity index is 1.37. The highest BCUT2D eigenvalue weighted by Gasteiger charge is 2.37. The predicted octanol–water partition coefficient (Wildman–Crippen LogP) is 11.6. The van der Waals surface area contributed by atoms with Crippen molar-refractivity contribution in [2.24, 2.45) is 0 Å². The predicted molar refractivity (Wildman–Crippen MR) is 207 cm³/mol. The molecule has 1 N–H and O–H groups in total. The van der Waals surface area contributed by atoms with Gasteiger partial charge >= 0.3 is 0 Å². The number of fused-ring (bicyclic) bond motifs is 2. The number of ketones is 1. The normalized spacial score (nSPS) is 16.1. The van der Waals surface area contributed by atoms with Gasteiger partial charge in [-0.15, -0.1) is 0 Å². The molecular weight excluding hydrogens is 626 g/mol. The van der Waals surface area contributed by atoms with Crippen LogP contribution in [0.4, 0.5) is 11.4 Å². The molecule has 2 aliphatic rings. The number of Topliss-reactive ketones (excluding diaryl/α,β-unsaturated/α-hetero) is 1. The summed E-state index contributed by atoms with van der Waals surface area (Å²) < 4.78 is 2.32. The zero-order valence-corrected chi connectivity index (χ0v) is 31.1. The largest absolute Gasteiger partial charge is 0.506 e. The average molecular weight is 683 g/mol. The quantitative estimate of drug-likeness (QED) is 0.0776. The number of aliphatic hydroxyl groups excluding tert-OH is 1. The van der Waals surface area contributed by atoms with Gasteiger partial charge in [0, 0.05) is 36.7 Å². The number of carbonyl (C=O) groups excluding carboxylic acids is 1. The van der Waals surface area contributed by atoms with Crippen LogP contribution >= 0.6 is 11.6 Å². The molecule has 0 radical (unpaired) electrons. The van der Waals surface area contributed by atoms with E-state index in [4.69, 9.17) is 11.6 Å². The highest BCUT2D eigenvalue weighted by atomic mass is 35.5. The van der Waals surface area contributed by atoms with Crippen LogP contribution in [-0.2, 0) is 11.3 Å². The van der Waals surface area contributed by atoms with Crippen molar-refractivity contribution in [1.82, 2.24) is 0 Å². The lowest BCUT2D eigenvalue weighted by Crippen LogP contribution is -2.34. The zero-order chi connectivity index (χ0) is 34.8. The van der Waals surface area contributed by atoms with Crippen molar-refractivity contribution in [2.45, 2.75) is 124 Å². The third-order valence-electron chi connectivity index (χ3n) is 10.2. The van der Waals surface area contributed by atoms with Crippen LogP contribution in [0, 0.1) is 6.92 Å². The van der Waals surface area contributed by atoms with Gasteiger partial charge in [0.25, 0.3) is 0 Å². The van der Waals surface area contributed by atoms with Gasteiger partial charge in [-0.05, 0) is 68.2 Å². The van der Waals surface area contributed by atoms with Gasteiger partial charge in [0.05, 0.1) is 27.9 Å². The lowest BCUT2D eigenvalue weighted by Gasteiger charge is -2.27. The number of aromatic nitrogens is 1. The first-order chi connectivity index (χ1) is 23.9. The number of hydrogen-bond acceptors (Lipinski definition) is 4. The van der Waals surface area contributed by atoms with E-state index in [1.807, 2.05) is 25.1 Å². The average Bonchev–Trinajstić information content (AvgIpc) is 3.39. The summed E-state index contributed by atoms with van der Waals surface area (Å²) in [5.74, 6) is 0.877. The van der Waals surface area contributed by atoms with Crippen LogP contribution in [0.2, 0.25) is 5.02 Å². The third-order valence-corrected chi connectivity index (χ3v) is 10.6. The molecule has 0 amide bonds. The minimum absolute atomic E-state index is 0.0682. The molecule has 1 aromatic heterocycles. The minimum atomic E-state index is -0.119. The number of benzene rings is 2. The number of aliphatic hydroxyl groups is 1. The maximum absolute atomic E-state index is 13.7. The second-order valence-electron chi connectivity index (χ2n) is 13.9. The van der Waals surface area contributed by atoms with Crippen LogP contribution in [0.15, 0.2) is 77.5 Å². The fourth-order valence-electron chi connectivity index (χ4n) is 7.29. The molecule has 1 aliphatic heterocycles. The van der Waals surface area contributed by atoms with Crippen molar-refractivity contribution in [3.05, 3.63) is 93.6 Å². The van der Waals surface area contributed by atoms with Gasteiger partial charge in [0.2, 0.25) is 11.3 Å². The number of anilines is 2. The Bertz CT molecular complexity index is 1700. The Hall–Kier alpha value is -3.57. The molecule has 0 bridgehead atoms. The van der Waals surface area contributed by atoms with Crippen molar-refractivity contribution in [3.63, 3.8) is 0 Å². The lowest BCUT2D eigenvalue weighted by atomic mass is 9.86. The van der Waals surface area contributed by atoms with E-state index in [9.17, 15) is 9.90 Å². The summed E-state index contributed by atoms with van der Waals surface area (Å²) in [5, 5.41) is 13.2. The van der Waals surface area contributed by atoms with E-state index in [2.05, 4.69) is 77.7 Å². The Morgan fingerprint density at radius 3 is 2.08 bits per heavy atom. The lowest BCUT2D eigenvalue weighted by molar-refractivity contribution is -0.671. The van der Waals surface area contributed by atoms with Gasteiger partial charge in [-0.2, -0.15) is 4.57 Å². The fourth-order valence-corrected chi connectivity index (χ4v) is 7.45. The molecular formula is C43H57ClN3O2+. The van der Waals surface area contributed by atoms with E-state index in [1.54, 1.807) is 0 Å². The number of rotatable bonds is 19. The standard InChI is InChI=1S/C43H56ClN3O2/c1-5-8-10-12-14-15-17-21-26-47-40-31-37(44)32(4)28-39(40)46(7-3)41(47)30-36-42(48)35(43(36)49)29-33-24-27-45(25-20-16-13-11-9-6-2)38-23-19-18-22-34(33)38/h18-19,22-24,27-31H,5-17,20-21,25-26H2,1-4H3/p+1. The van der Waals surface area contributed by atoms with Crippen LogP contribution in [0.25, 0.3) is 17.0 Å². The molecule has 3 aromatic rings.